The number of aromatic nitrogens is 2. The molecule has 0 aromatic carbocycles. The van der Waals surface area contributed by atoms with Crippen molar-refractivity contribution >= 4 is 11.8 Å². The van der Waals surface area contributed by atoms with E-state index in [2.05, 4.69) is 15.3 Å². The predicted octanol–water partition coefficient (Wildman–Crippen LogP) is 1.66. The molecule has 1 heterocycles. The fourth-order valence-electron chi connectivity index (χ4n) is 1.46. The van der Waals surface area contributed by atoms with E-state index >= 15 is 0 Å². The molecule has 0 radical (unpaired) electrons. The van der Waals surface area contributed by atoms with E-state index < -0.39 is 0 Å². The summed E-state index contributed by atoms with van der Waals surface area (Å²) < 4.78 is 0. The molecular formula is C10H16N4. The van der Waals surface area contributed by atoms with Crippen LogP contribution in [0.4, 0.5) is 11.8 Å². The molecule has 0 saturated heterocycles. The normalized spacial score (nSPS) is 15.4. The summed E-state index contributed by atoms with van der Waals surface area (Å²) in [6.07, 6.45) is 7.05. The predicted molar refractivity (Wildman–Crippen MR) is 56.9 cm³/mol. The van der Waals surface area contributed by atoms with E-state index in [1.165, 1.54) is 25.7 Å². The maximum absolute atomic E-state index is 5.53. The van der Waals surface area contributed by atoms with Crippen LogP contribution in [0, 0.1) is 5.92 Å². The number of nitrogens with two attached hydrogens (primary N) is 1. The highest BCUT2D eigenvalue weighted by molar-refractivity contribution is 5.34. The Bertz CT molecular complexity index is 296. The van der Waals surface area contributed by atoms with Gasteiger partial charge in [0.15, 0.2) is 0 Å². The quantitative estimate of drug-likeness (QED) is 0.696. The number of hydrogen-bond donors (Lipinski definition) is 2. The molecule has 1 fully saturated rings. The summed E-state index contributed by atoms with van der Waals surface area (Å²) in [6.45, 7) is 0.944. The fraction of sp³-hybridized carbons (Fsp3) is 0.600. The zero-order chi connectivity index (χ0) is 9.80. The third-order valence-electron chi connectivity index (χ3n) is 2.45. The Labute approximate surface area is 83.9 Å². The number of nitrogen functional groups attached to an aromatic ring is 1. The van der Waals surface area contributed by atoms with Crippen molar-refractivity contribution in [1.82, 2.24) is 9.97 Å². The van der Waals surface area contributed by atoms with Crippen LogP contribution in [0.5, 0.6) is 0 Å². The van der Waals surface area contributed by atoms with E-state index in [0.29, 0.717) is 11.8 Å². The van der Waals surface area contributed by atoms with Gasteiger partial charge in [0.05, 0.1) is 0 Å². The summed E-state index contributed by atoms with van der Waals surface area (Å²) in [5, 5.41) is 3.17. The summed E-state index contributed by atoms with van der Waals surface area (Å²) in [5.41, 5.74) is 5.53. The SMILES string of the molecule is Nc1ccnc(NCCCC2CC2)n1. The highest BCUT2D eigenvalue weighted by Crippen LogP contribution is 2.33. The Hall–Kier alpha value is -1.32. The van der Waals surface area contributed by atoms with Crippen LogP contribution in [0.3, 0.4) is 0 Å². The molecule has 3 N–H and O–H groups in total. The summed E-state index contributed by atoms with van der Waals surface area (Å²) >= 11 is 0. The monoisotopic (exact) mass is 192 g/mol. The molecule has 1 aliphatic rings. The highest BCUT2D eigenvalue weighted by atomic mass is 15.1. The van der Waals surface area contributed by atoms with E-state index in [1.807, 2.05) is 0 Å². The second kappa shape index (κ2) is 4.26. The molecule has 0 aliphatic heterocycles. The van der Waals surface area contributed by atoms with E-state index in [9.17, 15) is 0 Å². The second-order valence-electron chi connectivity index (χ2n) is 3.82. The van der Waals surface area contributed by atoms with Gasteiger partial charge in [-0.3, -0.25) is 0 Å². The molecule has 1 saturated carbocycles. The molecule has 0 amide bonds. The number of anilines is 2. The lowest BCUT2D eigenvalue weighted by Gasteiger charge is -2.03. The number of nitrogens with one attached hydrogen (secondary N) is 1. The molecule has 14 heavy (non-hydrogen) atoms. The Morgan fingerprint density at radius 1 is 1.50 bits per heavy atom. The Balaban J connectivity index is 1.68. The molecule has 2 rings (SSSR count). The van der Waals surface area contributed by atoms with Crippen molar-refractivity contribution in [1.29, 1.82) is 0 Å². The van der Waals surface area contributed by atoms with Crippen LogP contribution in [-0.4, -0.2) is 16.5 Å². The minimum atomic E-state index is 0.518. The summed E-state index contributed by atoms with van der Waals surface area (Å²) in [7, 11) is 0. The van der Waals surface area contributed by atoms with Crippen molar-refractivity contribution in [3.8, 4) is 0 Å². The average Bonchev–Trinajstić information content (AvgIpc) is 2.96. The van der Waals surface area contributed by atoms with Crippen LogP contribution in [0.15, 0.2) is 12.3 Å². The lowest BCUT2D eigenvalue weighted by molar-refractivity contribution is 0.685. The van der Waals surface area contributed by atoms with Crippen LogP contribution in [0.1, 0.15) is 25.7 Å². The molecule has 0 unspecified atom stereocenters. The van der Waals surface area contributed by atoms with E-state index in [1.54, 1.807) is 12.3 Å². The van der Waals surface area contributed by atoms with Gasteiger partial charge in [-0.15, -0.1) is 0 Å². The molecule has 1 aliphatic carbocycles. The Kier molecular flexibility index (Phi) is 2.81. The fourth-order valence-corrected chi connectivity index (χ4v) is 1.46. The molecule has 0 atom stereocenters. The van der Waals surface area contributed by atoms with Gasteiger partial charge in [0.25, 0.3) is 0 Å². The highest BCUT2D eigenvalue weighted by Gasteiger charge is 2.19. The first-order valence-corrected chi connectivity index (χ1v) is 5.17. The van der Waals surface area contributed by atoms with Crippen molar-refractivity contribution in [2.75, 3.05) is 17.6 Å². The Morgan fingerprint density at radius 3 is 3.07 bits per heavy atom. The third-order valence-corrected chi connectivity index (χ3v) is 2.45. The van der Waals surface area contributed by atoms with Crippen molar-refractivity contribution in [2.24, 2.45) is 5.92 Å². The average molecular weight is 192 g/mol. The smallest absolute Gasteiger partial charge is 0.224 e. The number of hydrogen-bond acceptors (Lipinski definition) is 4. The van der Waals surface area contributed by atoms with Gasteiger partial charge in [-0.1, -0.05) is 12.8 Å². The number of nitrogens with zero attached hydrogens (tertiary/aromatic N) is 2. The van der Waals surface area contributed by atoms with E-state index in [-0.39, 0.29) is 0 Å². The van der Waals surface area contributed by atoms with Gasteiger partial charge in [-0.2, -0.15) is 4.98 Å². The van der Waals surface area contributed by atoms with Crippen molar-refractivity contribution in [2.45, 2.75) is 25.7 Å². The molecule has 4 heteroatoms. The Morgan fingerprint density at radius 2 is 2.36 bits per heavy atom. The van der Waals surface area contributed by atoms with Crippen molar-refractivity contribution in [3.63, 3.8) is 0 Å². The first-order chi connectivity index (χ1) is 6.84. The van der Waals surface area contributed by atoms with Gasteiger partial charge in [0, 0.05) is 12.7 Å². The molecular weight excluding hydrogens is 176 g/mol. The van der Waals surface area contributed by atoms with E-state index in [4.69, 9.17) is 5.73 Å². The molecule has 1 aromatic rings. The van der Waals surface area contributed by atoms with E-state index in [0.717, 1.165) is 12.5 Å². The van der Waals surface area contributed by atoms with Gasteiger partial charge < -0.3 is 11.1 Å². The van der Waals surface area contributed by atoms with Crippen LogP contribution >= 0.6 is 0 Å². The van der Waals surface area contributed by atoms with Gasteiger partial charge in [-0.05, 0) is 24.8 Å². The first kappa shape index (κ1) is 9.24. The lowest BCUT2D eigenvalue weighted by atomic mass is 10.2. The van der Waals surface area contributed by atoms with Crippen LogP contribution in [0.25, 0.3) is 0 Å². The molecule has 76 valence electrons. The summed E-state index contributed by atoms with van der Waals surface area (Å²) in [4.78, 5) is 8.13. The van der Waals surface area contributed by atoms with Crippen LogP contribution in [0.2, 0.25) is 0 Å². The molecule has 0 bridgehead atoms. The zero-order valence-electron chi connectivity index (χ0n) is 8.24. The van der Waals surface area contributed by atoms with Crippen LogP contribution < -0.4 is 11.1 Å². The van der Waals surface area contributed by atoms with Gasteiger partial charge in [0.1, 0.15) is 5.82 Å². The minimum Gasteiger partial charge on any atom is -0.384 e. The van der Waals surface area contributed by atoms with Gasteiger partial charge in [0.2, 0.25) is 5.95 Å². The standard InChI is InChI=1S/C10H16N4/c11-9-5-7-13-10(14-9)12-6-1-2-8-3-4-8/h5,7-8H,1-4,6H2,(H3,11,12,13,14). The second-order valence-corrected chi connectivity index (χ2v) is 3.82. The van der Waals surface area contributed by atoms with Crippen molar-refractivity contribution < 1.29 is 0 Å². The maximum atomic E-state index is 5.53. The largest absolute Gasteiger partial charge is 0.384 e. The summed E-state index contributed by atoms with van der Waals surface area (Å²) in [5.74, 6) is 2.16. The molecule has 4 nitrogen and oxygen atoms in total. The topological polar surface area (TPSA) is 63.8 Å². The minimum absolute atomic E-state index is 0.518. The first-order valence-electron chi connectivity index (χ1n) is 5.17. The molecule has 0 spiro atoms. The zero-order valence-corrected chi connectivity index (χ0v) is 8.24. The van der Waals surface area contributed by atoms with Gasteiger partial charge in [-0.25, -0.2) is 4.98 Å². The number of rotatable bonds is 5. The van der Waals surface area contributed by atoms with Crippen LogP contribution in [-0.2, 0) is 0 Å². The molecule has 1 aromatic heterocycles. The lowest BCUT2D eigenvalue weighted by Crippen LogP contribution is -2.06. The third kappa shape index (κ3) is 2.87. The van der Waals surface area contributed by atoms with Gasteiger partial charge >= 0.3 is 0 Å². The van der Waals surface area contributed by atoms with Crippen molar-refractivity contribution in [3.05, 3.63) is 12.3 Å². The maximum Gasteiger partial charge on any atom is 0.224 e. The summed E-state index contributed by atoms with van der Waals surface area (Å²) in [6, 6.07) is 1.69.